The molecular formula is C31H36N2O6. The second-order valence-corrected chi connectivity index (χ2v) is 9.60. The summed E-state index contributed by atoms with van der Waals surface area (Å²) in [5, 5.41) is 5.39. The lowest BCUT2D eigenvalue weighted by Gasteiger charge is -2.23. The Kier molecular flexibility index (Phi) is 11.4. The van der Waals surface area contributed by atoms with E-state index in [0.717, 1.165) is 16.7 Å². The summed E-state index contributed by atoms with van der Waals surface area (Å²) in [5.74, 6) is -0.335. The van der Waals surface area contributed by atoms with E-state index in [1.54, 1.807) is 0 Å². The zero-order valence-electron chi connectivity index (χ0n) is 22.6. The molecular weight excluding hydrogens is 496 g/mol. The Balaban J connectivity index is 1.63. The number of amides is 2. The van der Waals surface area contributed by atoms with Crippen molar-refractivity contribution in [3.63, 3.8) is 0 Å². The van der Waals surface area contributed by atoms with E-state index in [9.17, 15) is 14.4 Å². The summed E-state index contributed by atoms with van der Waals surface area (Å²) < 4.78 is 16.1. The Hall–Kier alpha value is -4.33. The third-order valence-electron chi connectivity index (χ3n) is 5.92. The summed E-state index contributed by atoms with van der Waals surface area (Å²) in [7, 11) is 1.27. The summed E-state index contributed by atoms with van der Waals surface area (Å²) in [6, 6.07) is 24.6. The molecule has 39 heavy (non-hydrogen) atoms. The summed E-state index contributed by atoms with van der Waals surface area (Å²) in [6.45, 7) is 4.37. The van der Waals surface area contributed by atoms with Crippen LogP contribution in [0, 0.1) is 5.92 Å². The fraction of sp³-hybridized carbons (Fsp3) is 0.323. The maximum Gasteiger partial charge on any atom is 0.408 e. The first-order valence-electron chi connectivity index (χ1n) is 12.9. The molecule has 8 heteroatoms. The number of hydrogen-bond donors (Lipinski definition) is 2. The van der Waals surface area contributed by atoms with E-state index in [4.69, 9.17) is 14.2 Å². The molecule has 3 aromatic carbocycles. The van der Waals surface area contributed by atoms with E-state index in [-0.39, 0.29) is 18.9 Å². The molecule has 3 aromatic rings. The van der Waals surface area contributed by atoms with Crippen molar-refractivity contribution >= 4 is 18.0 Å². The number of benzene rings is 3. The van der Waals surface area contributed by atoms with Crippen LogP contribution in [0.1, 0.15) is 37.0 Å². The Labute approximate surface area is 229 Å². The number of carbonyl (C=O) groups is 3. The van der Waals surface area contributed by atoms with Crippen molar-refractivity contribution in [2.75, 3.05) is 7.11 Å². The van der Waals surface area contributed by atoms with Gasteiger partial charge in [0.25, 0.3) is 0 Å². The lowest BCUT2D eigenvalue weighted by Crippen LogP contribution is -2.53. The van der Waals surface area contributed by atoms with Crippen LogP contribution < -0.4 is 15.4 Å². The van der Waals surface area contributed by atoms with E-state index in [1.165, 1.54) is 7.11 Å². The molecule has 0 aromatic heterocycles. The maximum atomic E-state index is 13.2. The van der Waals surface area contributed by atoms with E-state index in [1.807, 2.05) is 98.8 Å². The van der Waals surface area contributed by atoms with Gasteiger partial charge in [0.2, 0.25) is 5.91 Å². The second-order valence-electron chi connectivity index (χ2n) is 9.60. The number of hydrogen-bond acceptors (Lipinski definition) is 6. The molecule has 2 atom stereocenters. The smallest absolute Gasteiger partial charge is 0.408 e. The van der Waals surface area contributed by atoms with E-state index in [0.29, 0.717) is 18.8 Å². The molecule has 0 saturated heterocycles. The predicted molar refractivity (Wildman–Crippen MR) is 148 cm³/mol. The van der Waals surface area contributed by atoms with Gasteiger partial charge in [0.15, 0.2) is 0 Å². The fourth-order valence-electron chi connectivity index (χ4n) is 3.96. The molecule has 0 aliphatic rings. The molecule has 3 rings (SSSR count). The Morgan fingerprint density at radius 2 is 1.36 bits per heavy atom. The average Bonchev–Trinajstić information content (AvgIpc) is 2.95. The predicted octanol–water partition coefficient (Wildman–Crippen LogP) is 4.81. The van der Waals surface area contributed by atoms with Gasteiger partial charge in [0.1, 0.15) is 31.0 Å². The minimum atomic E-state index is -0.955. The largest absolute Gasteiger partial charge is 0.489 e. The molecule has 0 saturated carbocycles. The van der Waals surface area contributed by atoms with Crippen molar-refractivity contribution in [1.29, 1.82) is 0 Å². The Morgan fingerprint density at radius 3 is 1.97 bits per heavy atom. The van der Waals surface area contributed by atoms with Gasteiger partial charge in [-0.1, -0.05) is 86.6 Å². The first-order valence-corrected chi connectivity index (χ1v) is 12.9. The number of alkyl carbamates (subject to hydrolysis) is 1. The van der Waals surface area contributed by atoms with Gasteiger partial charge in [-0.3, -0.25) is 4.79 Å². The van der Waals surface area contributed by atoms with Crippen molar-refractivity contribution in [2.24, 2.45) is 5.92 Å². The van der Waals surface area contributed by atoms with Crippen LogP contribution in [0.25, 0.3) is 0 Å². The summed E-state index contributed by atoms with van der Waals surface area (Å²) in [5.41, 5.74) is 2.65. The first kappa shape index (κ1) is 29.2. The minimum absolute atomic E-state index is 0.0795. The highest BCUT2D eigenvalue weighted by Crippen LogP contribution is 2.17. The monoisotopic (exact) mass is 532 g/mol. The van der Waals surface area contributed by atoms with Crippen LogP contribution >= 0.6 is 0 Å². The quantitative estimate of drug-likeness (QED) is 0.307. The van der Waals surface area contributed by atoms with Gasteiger partial charge in [0, 0.05) is 6.42 Å². The van der Waals surface area contributed by atoms with E-state index < -0.39 is 30.1 Å². The van der Waals surface area contributed by atoms with Crippen LogP contribution in [0.3, 0.4) is 0 Å². The SMILES string of the molecule is COC(=O)[C@@H](Cc1cccc(OCc2ccccc2)c1)NC(=O)[C@H](CC(C)C)NC(=O)OCc1ccccc1. The zero-order chi connectivity index (χ0) is 28.0. The highest BCUT2D eigenvalue weighted by Gasteiger charge is 2.28. The van der Waals surface area contributed by atoms with Crippen molar-refractivity contribution in [3.05, 3.63) is 102 Å². The van der Waals surface area contributed by atoms with Gasteiger partial charge in [-0.25, -0.2) is 9.59 Å². The minimum Gasteiger partial charge on any atom is -0.489 e. The highest BCUT2D eigenvalue weighted by molar-refractivity contribution is 5.89. The zero-order valence-corrected chi connectivity index (χ0v) is 22.6. The Morgan fingerprint density at radius 1 is 0.744 bits per heavy atom. The van der Waals surface area contributed by atoms with Gasteiger partial charge in [-0.15, -0.1) is 0 Å². The average molecular weight is 533 g/mol. The van der Waals surface area contributed by atoms with Gasteiger partial charge in [-0.05, 0) is 41.2 Å². The lowest BCUT2D eigenvalue weighted by atomic mass is 10.0. The number of carbonyl (C=O) groups excluding carboxylic acids is 3. The molecule has 2 amide bonds. The standard InChI is InChI=1S/C31H36N2O6/c1-22(2)17-27(33-31(36)39-21-24-13-8-5-9-14-24)29(34)32-28(30(35)37-3)19-25-15-10-16-26(18-25)38-20-23-11-6-4-7-12-23/h4-16,18,22,27-28H,17,19-21H2,1-3H3,(H,32,34)(H,33,36)/t27-,28+/m0/s1. The molecule has 0 fully saturated rings. The Bertz CT molecular complexity index is 1200. The molecule has 2 N–H and O–H groups in total. The summed E-state index contributed by atoms with van der Waals surface area (Å²) in [4.78, 5) is 38.3. The number of rotatable bonds is 13. The van der Waals surface area contributed by atoms with Gasteiger partial charge in [0.05, 0.1) is 7.11 Å². The van der Waals surface area contributed by atoms with Gasteiger partial charge in [-0.2, -0.15) is 0 Å². The van der Waals surface area contributed by atoms with Crippen LogP contribution in [0.4, 0.5) is 4.79 Å². The molecule has 206 valence electrons. The first-order chi connectivity index (χ1) is 18.8. The van der Waals surface area contributed by atoms with Crippen molar-refractivity contribution in [3.8, 4) is 5.75 Å². The molecule has 0 bridgehead atoms. The van der Waals surface area contributed by atoms with Crippen LogP contribution in [0.5, 0.6) is 5.75 Å². The molecule has 0 spiro atoms. The molecule has 0 aliphatic heterocycles. The maximum absolute atomic E-state index is 13.2. The molecule has 0 radical (unpaired) electrons. The van der Waals surface area contributed by atoms with Gasteiger partial charge >= 0.3 is 12.1 Å². The van der Waals surface area contributed by atoms with Crippen molar-refractivity contribution in [1.82, 2.24) is 10.6 Å². The number of methoxy groups -OCH3 is 1. The number of ether oxygens (including phenoxy) is 3. The summed E-state index contributed by atoms with van der Waals surface area (Å²) >= 11 is 0. The lowest BCUT2D eigenvalue weighted by molar-refractivity contribution is -0.145. The number of esters is 1. The molecule has 0 aliphatic carbocycles. The highest BCUT2D eigenvalue weighted by atomic mass is 16.5. The normalized spacial score (nSPS) is 12.2. The van der Waals surface area contributed by atoms with Crippen molar-refractivity contribution in [2.45, 2.75) is 52.0 Å². The van der Waals surface area contributed by atoms with Crippen molar-refractivity contribution < 1.29 is 28.6 Å². The van der Waals surface area contributed by atoms with Crippen LogP contribution in [0.2, 0.25) is 0 Å². The molecule has 0 heterocycles. The topological polar surface area (TPSA) is 103 Å². The third kappa shape index (κ3) is 10.2. The second kappa shape index (κ2) is 15.2. The van der Waals surface area contributed by atoms with Crippen LogP contribution in [-0.4, -0.2) is 37.2 Å². The van der Waals surface area contributed by atoms with E-state index >= 15 is 0 Å². The fourth-order valence-corrected chi connectivity index (χ4v) is 3.96. The summed E-state index contributed by atoms with van der Waals surface area (Å²) in [6.07, 6.45) is -0.158. The molecule has 0 unspecified atom stereocenters. The molecule has 8 nitrogen and oxygen atoms in total. The van der Waals surface area contributed by atoms with Crippen LogP contribution in [0.15, 0.2) is 84.9 Å². The third-order valence-corrected chi connectivity index (χ3v) is 5.92. The van der Waals surface area contributed by atoms with Crippen LogP contribution in [-0.2, 0) is 38.7 Å². The van der Waals surface area contributed by atoms with Gasteiger partial charge < -0.3 is 24.8 Å². The van der Waals surface area contributed by atoms with E-state index in [2.05, 4.69) is 10.6 Å². The number of nitrogens with one attached hydrogen (secondary N) is 2.